The molecule has 0 radical (unpaired) electrons. The molecule has 0 atom stereocenters. The molecule has 0 saturated heterocycles. The van der Waals surface area contributed by atoms with E-state index in [2.05, 4.69) is 36.1 Å². The molecule has 0 aliphatic rings. The Hall–Kier alpha value is -1.32. The van der Waals surface area contributed by atoms with Crippen LogP contribution in [0, 0.1) is 12.8 Å². The third kappa shape index (κ3) is 5.84. The van der Waals surface area contributed by atoms with Gasteiger partial charge in [-0.3, -0.25) is 0 Å². The minimum Gasteiger partial charge on any atom is -0.478 e. The van der Waals surface area contributed by atoms with Crippen LogP contribution in [0.15, 0.2) is 6.07 Å². The lowest BCUT2D eigenvalue weighted by Gasteiger charge is -2.09. The number of aryl methyl sites for hydroxylation is 1. The van der Waals surface area contributed by atoms with Crippen LogP contribution < -0.4 is 10.1 Å². The Morgan fingerprint density at radius 2 is 2.11 bits per heavy atom. The van der Waals surface area contributed by atoms with Crippen molar-refractivity contribution in [2.75, 3.05) is 18.5 Å². The maximum atomic E-state index is 5.67. The number of hydrogen-bond acceptors (Lipinski definition) is 4. The fourth-order valence-electron chi connectivity index (χ4n) is 1.60. The zero-order valence-corrected chi connectivity index (χ0v) is 12.0. The Morgan fingerprint density at radius 3 is 2.78 bits per heavy atom. The number of nitrogens with zero attached hydrogens (tertiary/aromatic N) is 2. The zero-order valence-electron chi connectivity index (χ0n) is 12.0. The molecule has 4 heteroatoms. The van der Waals surface area contributed by atoms with E-state index in [1.54, 1.807) is 0 Å². The molecule has 0 aromatic carbocycles. The van der Waals surface area contributed by atoms with Gasteiger partial charge in [0, 0.05) is 18.3 Å². The van der Waals surface area contributed by atoms with Crippen molar-refractivity contribution in [3.63, 3.8) is 0 Å². The van der Waals surface area contributed by atoms with E-state index in [-0.39, 0.29) is 0 Å². The first-order valence-corrected chi connectivity index (χ1v) is 6.84. The second kappa shape index (κ2) is 7.90. The van der Waals surface area contributed by atoms with Crippen molar-refractivity contribution in [1.29, 1.82) is 0 Å². The second-order valence-corrected chi connectivity index (χ2v) is 4.98. The molecule has 1 rings (SSSR count). The van der Waals surface area contributed by atoms with E-state index < -0.39 is 0 Å². The predicted molar refractivity (Wildman–Crippen MR) is 75.1 cm³/mol. The van der Waals surface area contributed by atoms with Crippen LogP contribution in [0.25, 0.3) is 0 Å². The van der Waals surface area contributed by atoms with Crippen LogP contribution in [0.2, 0.25) is 0 Å². The minimum absolute atomic E-state index is 0.663. The number of aromatic nitrogens is 2. The lowest BCUT2D eigenvalue weighted by Crippen LogP contribution is -2.07. The SMILES string of the molecule is CCCNc1nc(C)cc(OCCCC(C)C)n1. The summed E-state index contributed by atoms with van der Waals surface area (Å²) in [5, 5.41) is 3.18. The Morgan fingerprint density at radius 1 is 1.33 bits per heavy atom. The van der Waals surface area contributed by atoms with Gasteiger partial charge < -0.3 is 10.1 Å². The third-order valence-electron chi connectivity index (χ3n) is 2.54. The topological polar surface area (TPSA) is 47.0 Å². The highest BCUT2D eigenvalue weighted by molar-refractivity contribution is 5.30. The minimum atomic E-state index is 0.663. The quantitative estimate of drug-likeness (QED) is 0.719. The third-order valence-corrected chi connectivity index (χ3v) is 2.54. The molecule has 0 bridgehead atoms. The van der Waals surface area contributed by atoms with Gasteiger partial charge in [0.05, 0.1) is 6.61 Å². The zero-order chi connectivity index (χ0) is 13.4. The van der Waals surface area contributed by atoms with Crippen LogP contribution in [0.1, 0.15) is 45.7 Å². The van der Waals surface area contributed by atoms with E-state index in [1.165, 1.54) is 6.42 Å². The average molecular weight is 251 g/mol. The van der Waals surface area contributed by atoms with Crippen LogP contribution in [-0.2, 0) is 0 Å². The Bertz CT molecular complexity index is 353. The van der Waals surface area contributed by atoms with E-state index in [4.69, 9.17) is 4.74 Å². The molecule has 1 aromatic rings. The maximum absolute atomic E-state index is 5.67. The molecule has 0 saturated carbocycles. The molecule has 0 amide bonds. The van der Waals surface area contributed by atoms with E-state index in [1.807, 2.05) is 13.0 Å². The van der Waals surface area contributed by atoms with E-state index in [0.29, 0.717) is 11.8 Å². The summed E-state index contributed by atoms with van der Waals surface area (Å²) >= 11 is 0. The van der Waals surface area contributed by atoms with E-state index >= 15 is 0 Å². The van der Waals surface area contributed by atoms with Crippen molar-refractivity contribution in [2.45, 2.75) is 47.0 Å². The maximum Gasteiger partial charge on any atom is 0.226 e. The summed E-state index contributed by atoms with van der Waals surface area (Å²) in [5.74, 6) is 2.06. The van der Waals surface area contributed by atoms with Crippen molar-refractivity contribution in [3.8, 4) is 5.88 Å². The van der Waals surface area contributed by atoms with Gasteiger partial charge in [-0.05, 0) is 32.1 Å². The van der Waals surface area contributed by atoms with E-state index in [9.17, 15) is 0 Å². The summed E-state index contributed by atoms with van der Waals surface area (Å²) in [6, 6.07) is 1.88. The second-order valence-electron chi connectivity index (χ2n) is 4.98. The standard InChI is InChI=1S/C14H25N3O/c1-5-8-15-14-16-12(4)10-13(17-14)18-9-6-7-11(2)3/h10-11H,5-9H2,1-4H3,(H,15,16,17). The van der Waals surface area contributed by atoms with Crippen molar-refractivity contribution in [2.24, 2.45) is 5.92 Å². The number of nitrogens with one attached hydrogen (secondary N) is 1. The Labute approximate surface area is 110 Å². The van der Waals surface area contributed by atoms with Crippen LogP contribution in [0.3, 0.4) is 0 Å². The summed E-state index contributed by atoms with van der Waals surface area (Å²) in [5.41, 5.74) is 0.933. The molecular formula is C14H25N3O. The summed E-state index contributed by atoms with van der Waals surface area (Å²) in [6.45, 7) is 10.1. The van der Waals surface area contributed by atoms with Crippen LogP contribution in [0.4, 0.5) is 5.95 Å². The number of anilines is 1. The van der Waals surface area contributed by atoms with Gasteiger partial charge in [-0.25, -0.2) is 4.98 Å². The van der Waals surface area contributed by atoms with Gasteiger partial charge in [0.1, 0.15) is 0 Å². The molecule has 1 heterocycles. The fraction of sp³-hybridized carbons (Fsp3) is 0.714. The van der Waals surface area contributed by atoms with Crippen molar-refractivity contribution in [3.05, 3.63) is 11.8 Å². The first-order valence-electron chi connectivity index (χ1n) is 6.84. The van der Waals surface area contributed by atoms with Crippen molar-refractivity contribution >= 4 is 5.95 Å². The van der Waals surface area contributed by atoms with Crippen LogP contribution in [0.5, 0.6) is 5.88 Å². The van der Waals surface area contributed by atoms with Crippen molar-refractivity contribution < 1.29 is 4.74 Å². The first-order chi connectivity index (χ1) is 8.61. The molecule has 102 valence electrons. The van der Waals surface area contributed by atoms with Gasteiger partial charge in [0.2, 0.25) is 11.8 Å². The molecule has 0 aliphatic heterocycles. The number of hydrogen-bond donors (Lipinski definition) is 1. The monoisotopic (exact) mass is 251 g/mol. The predicted octanol–water partition coefficient (Wildman–Crippen LogP) is 3.42. The van der Waals surface area contributed by atoms with Gasteiger partial charge in [0.15, 0.2) is 0 Å². The Balaban J connectivity index is 2.46. The molecule has 0 aliphatic carbocycles. The molecular weight excluding hydrogens is 226 g/mol. The molecule has 1 N–H and O–H groups in total. The number of rotatable bonds is 8. The number of ether oxygens (including phenoxy) is 1. The highest BCUT2D eigenvalue weighted by Gasteiger charge is 2.03. The van der Waals surface area contributed by atoms with Crippen LogP contribution in [-0.4, -0.2) is 23.1 Å². The summed E-state index contributed by atoms with van der Waals surface area (Å²) in [7, 11) is 0. The van der Waals surface area contributed by atoms with Gasteiger partial charge >= 0.3 is 0 Å². The van der Waals surface area contributed by atoms with Crippen LogP contribution >= 0.6 is 0 Å². The molecule has 0 fully saturated rings. The van der Waals surface area contributed by atoms with Gasteiger partial charge in [-0.2, -0.15) is 4.98 Å². The lowest BCUT2D eigenvalue weighted by molar-refractivity contribution is 0.287. The van der Waals surface area contributed by atoms with Gasteiger partial charge in [-0.1, -0.05) is 20.8 Å². The molecule has 0 unspecified atom stereocenters. The summed E-state index contributed by atoms with van der Waals surface area (Å²) in [4.78, 5) is 8.67. The summed E-state index contributed by atoms with van der Waals surface area (Å²) < 4.78 is 5.67. The van der Waals surface area contributed by atoms with Gasteiger partial charge in [0.25, 0.3) is 0 Å². The lowest BCUT2D eigenvalue weighted by atomic mass is 10.1. The van der Waals surface area contributed by atoms with E-state index in [0.717, 1.165) is 37.6 Å². The Kier molecular flexibility index (Phi) is 6.47. The fourth-order valence-corrected chi connectivity index (χ4v) is 1.60. The highest BCUT2D eigenvalue weighted by atomic mass is 16.5. The van der Waals surface area contributed by atoms with Crippen molar-refractivity contribution in [1.82, 2.24) is 9.97 Å². The van der Waals surface area contributed by atoms with Gasteiger partial charge in [-0.15, -0.1) is 0 Å². The highest BCUT2D eigenvalue weighted by Crippen LogP contribution is 2.13. The molecule has 0 spiro atoms. The normalized spacial score (nSPS) is 10.7. The smallest absolute Gasteiger partial charge is 0.226 e. The largest absolute Gasteiger partial charge is 0.478 e. The molecule has 4 nitrogen and oxygen atoms in total. The molecule has 18 heavy (non-hydrogen) atoms. The summed E-state index contributed by atoms with van der Waals surface area (Å²) in [6.07, 6.45) is 3.31. The molecule has 1 aromatic heterocycles. The first kappa shape index (κ1) is 14.7. The average Bonchev–Trinajstić information content (AvgIpc) is 2.31.